The van der Waals surface area contributed by atoms with Gasteiger partial charge in [0.15, 0.2) is 6.61 Å². The predicted molar refractivity (Wildman–Crippen MR) is 73.9 cm³/mol. The molecule has 0 radical (unpaired) electrons. The molecule has 1 unspecified atom stereocenters. The van der Waals surface area contributed by atoms with Gasteiger partial charge >= 0.3 is 0 Å². The van der Waals surface area contributed by atoms with E-state index in [1.165, 1.54) is 0 Å². The van der Waals surface area contributed by atoms with Crippen molar-refractivity contribution in [3.05, 3.63) is 24.3 Å². The summed E-state index contributed by atoms with van der Waals surface area (Å²) >= 11 is 0. The molecule has 0 spiro atoms. The molecule has 1 aromatic rings. The highest BCUT2D eigenvalue weighted by Gasteiger charge is 2.08. The van der Waals surface area contributed by atoms with E-state index in [0.29, 0.717) is 17.9 Å². The Hall–Kier alpha value is -2.06. The van der Waals surface area contributed by atoms with Crippen LogP contribution >= 0.6 is 0 Å². The fraction of sp³-hybridized carbons (Fsp3) is 0.429. The lowest BCUT2D eigenvalue weighted by atomic mass is 10.2. The Kier molecular flexibility index (Phi) is 6.41. The van der Waals surface area contributed by atoms with Crippen molar-refractivity contribution in [2.75, 3.05) is 18.5 Å². The van der Waals surface area contributed by atoms with Gasteiger partial charge in [-0.25, -0.2) is 0 Å². The number of hydrogen-bond acceptors (Lipinski definition) is 4. The normalized spacial score (nSPS) is 11.4. The quantitative estimate of drug-likeness (QED) is 0.786. The second-order valence-corrected chi connectivity index (χ2v) is 4.19. The van der Waals surface area contributed by atoms with E-state index in [-0.39, 0.29) is 18.6 Å². The third-order valence-electron chi connectivity index (χ3n) is 2.47. The van der Waals surface area contributed by atoms with Crippen molar-refractivity contribution in [1.29, 1.82) is 5.26 Å². The summed E-state index contributed by atoms with van der Waals surface area (Å²) in [4.78, 5) is 11.8. The lowest BCUT2D eigenvalue weighted by Gasteiger charge is -2.12. The minimum Gasteiger partial charge on any atom is -0.479 e. The zero-order chi connectivity index (χ0) is 14.1. The van der Waals surface area contributed by atoms with E-state index >= 15 is 0 Å². The Morgan fingerprint density at radius 3 is 3.00 bits per heavy atom. The monoisotopic (exact) mass is 261 g/mol. The van der Waals surface area contributed by atoms with Gasteiger partial charge in [0.25, 0.3) is 0 Å². The maximum Gasteiger partial charge on any atom is 0.225 e. The SMILES string of the molecule is CCNC(C)CC(=O)Nc1cccc(OCC#N)c1. The molecule has 0 aliphatic heterocycles. The van der Waals surface area contributed by atoms with E-state index in [1.807, 2.05) is 19.9 Å². The van der Waals surface area contributed by atoms with Gasteiger partial charge in [0, 0.05) is 24.2 Å². The molecule has 1 atom stereocenters. The maximum absolute atomic E-state index is 11.8. The number of amides is 1. The van der Waals surface area contributed by atoms with Gasteiger partial charge < -0.3 is 15.4 Å². The lowest BCUT2D eigenvalue weighted by Crippen LogP contribution is -2.30. The smallest absolute Gasteiger partial charge is 0.225 e. The number of carbonyl (C=O) groups excluding carboxylic acids is 1. The zero-order valence-corrected chi connectivity index (χ0v) is 11.3. The molecule has 0 saturated carbocycles. The largest absolute Gasteiger partial charge is 0.479 e. The first-order valence-electron chi connectivity index (χ1n) is 6.28. The minimum atomic E-state index is -0.0501. The van der Waals surface area contributed by atoms with E-state index in [0.717, 1.165) is 6.54 Å². The second-order valence-electron chi connectivity index (χ2n) is 4.19. The van der Waals surface area contributed by atoms with E-state index in [1.54, 1.807) is 24.3 Å². The van der Waals surface area contributed by atoms with Crippen molar-refractivity contribution in [2.45, 2.75) is 26.3 Å². The van der Waals surface area contributed by atoms with E-state index in [9.17, 15) is 4.79 Å². The van der Waals surface area contributed by atoms with Gasteiger partial charge in [0.2, 0.25) is 5.91 Å². The summed E-state index contributed by atoms with van der Waals surface area (Å²) in [6.07, 6.45) is 0.414. The van der Waals surface area contributed by atoms with Crippen molar-refractivity contribution in [3.8, 4) is 11.8 Å². The molecular weight excluding hydrogens is 242 g/mol. The van der Waals surface area contributed by atoms with E-state index in [2.05, 4.69) is 10.6 Å². The van der Waals surface area contributed by atoms with Gasteiger partial charge in [0.1, 0.15) is 11.8 Å². The number of benzene rings is 1. The number of ether oxygens (including phenoxy) is 1. The van der Waals surface area contributed by atoms with Crippen molar-refractivity contribution >= 4 is 11.6 Å². The number of carbonyl (C=O) groups is 1. The average Bonchev–Trinajstić information content (AvgIpc) is 2.36. The van der Waals surface area contributed by atoms with Crippen LogP contribution < -0.4 is 15.4 Å². The number of nitrogens with zero attached hydrogens (tertiary/aromatic N) is 1. The maximum atomic E-state index is 11.8. The molecule has 2 N–H and O–H groups in total. The Bertz CT molecular complexity index is 454. The van der Waals surface area contributed by atoms with E-state index < -0.39 is 0 Å². The van der Waals surface area contributed by atoms with Gasteiger partial charge in [-0.05, 0) is 25.6 Å². The van der Waals surface area contributed by atoms with Crippen LogP contribution in [0.2, 0.25) is 0 Å². The summed E-state index contributed by atoms with van der Waals surface area (Å²) in [5.74, 6) is 0.518. The van der Waals surface area contributed by atoms with Crippen molar-refractivity contribution in [1.82, 2.24) is 5.32 Å². The Morgan fingerprint density at radius 1 is 1.53 bits per heavy atom. The molecule has 0 aromatic heterocycles. The molecule has 0 fully saturated rings. The van der Waals surface area contributed by atoms with Crippen molar-refractivity contribution in [2.24, 2.45) is 0 Å². The molecule has 0 saturated heterocycles. The topological polar surface area (TPSA) is 74.2 Å². The molecule has 0 bridgehead atoms. The first kappa shape index (κ1) is 15.0. The molecular formula is C14H19N3O2. The third-order valence-corrected chi connectivity index (χ3v) is 2.47. The highest BCUT2D eigenvalue weighted by atomic mass is 16.5. The van der Waals surface area contributed by atoms with Gasteiger partial charge in [-0.15, -0.1) is 0 Å². The van der Waals surface area contributed by atoms with Crippen LogP contribution in [0, 0.1) is 11.3 Å². The Morgan fingerprint density at radius 2 is 2.32 bits per heavy atom. The fourth-order valence-electron chi connectivity index (χ4n) is 1.69. The molecule has 1 amide bonds. The molecule has 5 heteroatoms. The van der Waals surface area contributed by atoms with Crippen molar-refractivity contribution < 1.29 is 9.53 Å². The molecule has 1 rings (SSSR count). The lowest BCUT2D eigenvalue weighted by molar-refractivity contribution is -0.116. The summed E-state index contributed by atoms with van der Waals surface area (Å²) in [7, 11) is 0. The standard InChI is InChI=1S/C14H19N3O2/c1-3-16-11(2)9-14(18)17-12-5-4-6-13(10-12)19-8-7-15/h4-6,10-11,16H,3,8-9H2,1-2H3,(H,17,18). The predicted octanol–water partition coefficient (Wildman–Crippen LogP) is 1.92. The number of anilines is 1. The first-order chi connectivity index (χ1) is 9.15. The molecule has 19 heavy (non-hydrogen) atoms. The number of rotatable bonds is 7. The molecule has 0 heterocycles. The highest BCUT2D eigenvalue weighted by Crippen LogP contribution is 2.17. The Balaban J connectivity index is 2.52. The summed E-state index contributed by atoms with van der Waals surface area (Å²) in [6, 6.07) is 9.05. The van der Waals surface area contributed by atoms with Crippen LogP contribution in [0.3, 0.4) is 0 Å². The van der Waals surface area contributed by atoms with Crippen LogP contribution in [0.4, 0.5) is 5.69 Å². The average molecular weight is 261 g/mol. The fourth-order valence-corrected chi connectivity index (χ4v) is 1.69. The summed E-state index contributed by atoms with van der Waals surface area (Å²) in [5, 5.41) is 14.4. The van der Waals surface area contributed by atoms with Crippen LogP contribution in [0.25, 0.3) is 0 Å². The van der Waals surface area contributed by atoms with Crippen LogP contribution in [-0.4, -0.2) is 25.1 Å². The van der Waals surface area contributed by atoms with Gasteiger partial charge in [-0.1, -0.05) is 13.0 Å². The zero-order valence-electron chi connectivity index (χ0n) is 11.3. The van der Waals surface area contributed by atoms with Crippen LogP contribution in [-0.2, 0) is 4.79 Å². The van der Waals surface area contributed by atoms with Crippen LogP contribution in [0.15, 0.2) is 24.3 Å². The minimum absolute atomic E-state index is 0.00511. The molecule has 0 aliphatic rings. The molecule has 0 aliphatic carbocycles. The number of nitrogens with one attached hydrogen (secondary N) is 2. The van der Waals surface area contributed by atoms with Gasteiger partial charge in [0.05, 0.1) is 0 Å². The second kappa shape index (κ2) is 8.11. The van der Waals surface area contributed by atoms with Crippen molar-refractivity contribution in [3.63, 3.8) is 0 Å². The first-order valence-corrected chi connectivity index (χ1v) is 6.28. The summed E-state index contributed by atoms with van der Waals surface area (Å²) in [5.41, 5.74) is 0.670. The van der Waals surface area contributed by atoms with E-state index in [4.69, 9.17) is 10.00 Å². The Labute approximate surface area is 113 Å². The summed E-state index contributed by atoms with van der Waals surface area (Å²) < 4.78 is 5.17. The van der Waals surface area contributed by atoms with Gasteiger partial charge in [-0.3, -0.25) is 4.79 Å². The number of hydrogen-bond donors (Lipinski definition) is 2. The highest BCUT2D eigenvalue weighted by molar-refractivity contribution is 5.91. The molecule has 1 aromatic carbocycles. The van der Waals surface area contributed by atoms with Crippen LogP contribution in [0.1, 0.15) is 20.3 Å². The number of nitriles is 1. The third kappa shape index (κ3) is 5.89. The molecule has 5 nitrogen and oxygen atoms in total. The summed E-state index contributed by atoms with van der Waals surface area (Å²) in [6.45, 7) is 4.81. The molecule has 102 valence electrons. The van der Waals surface area contributed by atoms with Crippen LogP contribution in [0.5, 0.6) is 5.75 Å². The van der Waals surface area contributed by atoms with Gasteiger partial charge in [-0.2, -0.15) is 5.26 Å².